The highest BCUT2D eigenvalue weighted by Crippen LogP contribution is 2.23. The van der Waals surface area contributed by atoms with Crippen molar-refractivity contribution in [1.82, 2.24) is 0 Å². The minimum atomic E-state index is -0.359. The van der Waals surface area contributed by atoms with Gasteiger partial charge in [-0.25, -0.2) is 4.79 Å². The summed E-state index contributed by atoms with van der Waals surface area (Å²) in [5.41, 5.74) is 0. The molecule has 0 heterocycles. The third-order valence-corrected chi connectivity index (χ3v) is 4.08. The second-order valence-electron chi connectivity index (χ2n) is 4.05. The number of unbranched alkanes of at least 4 members (excludes halogenated alkanes) is 1. The van der Waals surface area contributed by atoms with Crippen LogP contribution in [0.1, 0.15) is 12.8 Å². The molecule has 0 aromatic heterocycles. The van der Waals surface area contributed by atoms with Gasteiger partial charge in [-0.05, 0) is 17.7 Å². The predicted octanol–water partition coefficient (Wildman–Crippen LogP) is 1.96. The zero-order valence-electron chi connectivity index (χ0n) is 12.0. The summed E-state index contributed by atoms with van der Waals surface area (Å²) in [7, 11) is 3.94. The summed E-state index contributed by atoms with van der Waals surface area (Å²) >= 11 is 0. The molecule has 0 saturated carbocycles. The molecule has 0 fully saturated rings. The van der Waals surface area contributed by atoms with E-state index in [1.807, 2.05) is 12.1 Å². The lowest BCUT2D eigenvalue weighted by Crippen LogP contribution is -2.17. The first-order valence-corrected chi connectivity index (χ1v) is 7.67. The fraction of sp³-hybridized carbons (Fsp3) is 0.400. The summed E-state index contributed by atoms with van der Waals surface area (Å²) in [4.78, 5) is 10.9. The van der Waals surface area contributed by atoms with Gasteiger partial charge in [-0.2, -0.15) is 0 Å². The third-order valence-electron chi connectivity index (χ3n) is 2.70. The molecule has 0 amide bonds. The molecule has 108 valence electrons. The lowest BCUT2D eigenvalue weighted by Gasteiger charge is -2.11. The van der Waals surface area contributed by atoms with Crippen LogP contribution in [0.25, 0.3) is 0 Å². The molecular formula is C15H20O4Si. The molecule has 1 rings (SSSR count). The van der Waals surface area contributed by atoms with Crippen LogP contribution >= 0.6 is 0 Å². The second-order valence-corrected chi connectivity index (χ2v) is 5.44. The highest BCUT2D eigenvalue weighted by atomic mass is 28.2. The molecule has 4 nitrogen and oxygen atoms in total. The van der Waals surface area contributed by atoms with Crippen LogP contribution in [0.3, 0.4) is 0 Å². The van der Waals surface area contributed by atoms with Gasteiger partial charge in [-0.3, -0.25) is 0 Å². The quantitative estimate of drug-likeness (QED) is 0.302. The Morgan fingerprint density at radius 3 is 2.75 bits per heavy atom. The Morgan fingerprint density at radius 1 is 1.30 bits per heavy atom. The van der Waals surface area contributed by atoms with Gasteiger partial charge in [0.2, 0.25) is 0 Å². The van der Waals surface area contributed by atoms with Crippen LogP contribution in [0.5, 0.6) is 11.5 Å². The molecule has 0 atom stereocenters. The van der Waals surface area contributed by atoms with Gasteiger partial charge in [0.15, 0.2) is 11.5 Å². The van der Waals surface area contributed by atoms with E-state index in [4.69, 9.17) is 14.2 Å². The number of ether oxygens (including phenoxy) is 3. The molecule has 0 unspecified atom stereocenters. The van der Waals surface area contributed by atoms with E-state index in [9.17, 15) is 4.79 Å². The zero-order chi connectivity index (χ0) is 14.8. The second kappa shape index (κ2) is 9.20. The van der Waals surface area contributed by atoms with Crippen molar-refractivity contribution in [3.8, 4) is 11.5 Å². The first-order chi connectivity index (χ1) is 9.72. The molecule has 0 spiro atoms. The van der Waals surface area contributed by atoms with E-state index in [-0.39, 0.29) is 5.97 Å². The zero-order valence-corrected chi connectivity index (χ0v) is 13.0. The Hall–Kier alpha value is -1.75. The van der Waals surface area contributed by atoms with Crippen molar-refractivity contribution in [3.63, 3.8) is 0 Å². The first-order valence-electron chi connectivity index (χ1n) is 6.47. The molecule has 0 N–H and O–H groups in total. The number of carbonyl (C=O) groups excluding carboxylic acids is 1. The number of hydrogen-bond acceptors (Lipinski definition) is 4. The molecule has 0 bridgehead atoms. The molecule has 1 aromatic carbocycles. The Balaban J connectivity index is 2.35. The number of para-hydroxylation sites is 1. The molecular weight excluding hydrogens is 272 g/mol. The molecule has 20 heavy (non-hydrogen) atoms. The summed E-state index contributed by atoms with van der Waals surface area (Å²) < 4.78 is 15.6. The van der Waals surface area contributed by atoms with E-state index in [1.165, 1.54) is 6.08 Å². The van der Waals surface area contributed by atoms with Crippen molar-refractivity contribution in [2.45, 2.75) is 18.9 Å². The number of rotatable bonds is 9. The van der Waals surface area contributed by atoms with Crippen LogP contribution in [0.4, 0.5) is 0 Å². The number of esters is 1. The van der Waals surface area contributed by atoms with E-state index < -0.39 is 0 Å². The maximum absolute atomic E-state index is 10.9. The molecule has 5 heteroatoms. The van der Waals surface area contributed by atoms with Crippen LogP contribution in [0.2, 0.25) is 6.04 Å². The largest absolute Gasteiger partial charge is 0.493 e. The summed E-state index contributed by atoms with van der Waals surface area (Å²) in [6.45, 7) is 3.80. The van der Waals surface area contributed by atoms with Gasteiger partial charge in [0.05, 0.1) is 30.3 Å². The lowest BCUT2D eigenvalue weighted by atomic mass is 10.3. The normalized spacial score (nSPS) is 9.90. The van der Waals surface area contributed by atoms with Gasteiger partial charge in [-0.15, -0.1) is 0 Å². The summed E-state index contributed by atoms with van der Waals surface area (Å²) in [6.07, 6.45) is 3.05. The Bertz CT molecular complexity index is 445. The maximum atomic E-state index is 10.9. The minimum Gasteiger partial charge on any atom is -0.493 e. The smallest absolute Gasteiger partial charge is 0.330 e. The standard InChI is InChI=1S/C15H20O4Si/c1-4-14(16)19-10-5-6-11-20-13-9-7-8-12(17-2)15(13)18-3/h4,7-9H,1,5-6,10-11H2,2-3H3. The Labute approximate surface area is 122 Å². The van der Waals surface area contributed by atoms with Crippen molar-refractivity contribution in [2.75, 3.05) is 20.8 Å². The average Bonchev–Trinajstić information content (AvgIpc) is 2.49. The highest BCUT2D eigenvalue weighted by molar-refractivity contribution is 6.54. The maximum Gasteiger partial charge on any atom is 0.330 e. The topological polar surface area (TPSA) is 44.8 Å². The SMILES string of the molecule is C=CC(=O)OCCCC[Si]c1cccc(OC)c1OC. The number of hydrogen-bond donors (Lipinski definition) is 0. The van der Waals surface area contributed by atoms with E-state index >= 15 is 0 Å². The highest BCUT2D eigenvalue weighted by Gasteiger charge is 2.09. The molecule has 2 radical (unpaired) electrons. The fourth-order valence-electron chi connectivity index (χ4n) is 1.71. The number of benzene rings is 1. The van der Waals surface area contributed by atoms with E-state index in [1.54, 1.807) is 14.2 Å². The van der Waals surface area contributed by atoms with Gasteiger partial charge in [0.1, 0.15) is 0 Å². The van der Waals surface area contributed by atoms with E-state index in [2.05, 4.69) is 12.6 Å². The van der Waals surface area contributed by atoms with Crippen LogP contribution in [-0.2, 0) is 9.53 Å². The number of carbonyl (C=O) groups is 1. The van der Waals surface area contributed by atoms with Gasteiger partial charge >= 0.3 is 5.97 Å². The van der Waals surface area contributed by atoms with Gasteiger partial charge in [-0.1, -0.05) is 31.2 Å². The first kappa shape index (κ1) is 16.3. The number of methoxy groups -OCH3 is 2. The molecule has 0 aliphatic rings. The van der Waals surface area contributed by atoms with Crippen molar-refractivity contribution < 1.29 is 19.0 Å². The Kier molecular flexibility index (Phi) is 7.50. The summed E-state index contributed by atoms with van der Waals surface area (Å²) in [6, 6.07) is 6.95. The van der Waals surface area contributed by atoms with Gasteiger partial charge < -0.3 is 14.2 Å². The van der Waals surface area contributed by atoms with Crippen LogP contribution < -0.4 is 14.7 Å². The predicted molar refractivity (Wildman–Crippen MR) is 80.1 cm³/mol. The molecule has 0 aliphatic heterocycles. The fourth-order valence-corrected chi connectivity index (χ4v) is 3.00. The van der Waals surface area contributed by atoms with Gasteiger partial charge in [0, 0.05) is 6.08 Å². The monoisotopic (exact) mass is 292 g/mol. The van der Waals surface area contributed by atoms with E-state index in [0.29, 0.717) is 16.1 Å². The van der Waals surface area contributed by atoms with Crippen molar-refractivity contribution in [2.24, 2.45) is 0 Å². The lowest BCUT2D eigenvalue weighted by molar-refractivity contribution is -0.137. The molecule has 0 saturated heterocycles. The minimum absolute atomic E-state index is 0.359. The van der Waals surface area contributed by atoms with Crippen molar-refractivity contribution >= 4 is 20.7 Å². The summed E-state index contributed by atoms with van der Waals surface area (Å²) in [5.74, 6) is 1.21. The molecule has 0 aliphatic carbocycles. The van der Waals surface area contributed by atoms with Crippen LogP contribution in [-0.4, -0.2) is 36.3 Å². The van der Waals surface area contributed by atoms with Crippen molar-refractivity contribution in [1.29, 1.82) is 0 Å². The third kappa shape index (κ3) is 5.09. The average molecular weight is 292 g/mol. The van der Waals surface area contributed by atoms with Crippen molar-refractivity contribution in [3.05, 3.63) is 30.9 Å². The summed E-state index contributed by atoms with van der Waals surface area (Å²) in [5, 5.41) is 1.16. The van der Waals surface area contributed by atoms with Crippen LogP contribution in [0, 0.1) is 0 Å². The molecule has 1 aromatic rings. The van der Waals surface area contributed by atoms with E-state index in [0.717, 1.165) is 35.6 Å². The van der Waals surface area contributed by atoms with Gasteiger partial charge in [0.25, 0.3) is 0 Å². The van der Waals surface area contributed by atoms with Crippen LogP contribution in [0.15, 0.2) is 30.9 Å². The Morgan fingerprint density at radius 2 is 2.10 bits per heavy atom.